The second kappa shape index (κ2) is 7.09. The normalized spacial score (nSPS) is 19.4. The van der Waals surface area contributed by atoms with Crippen molar-refractivity contribution in [3.8, 4) is 0 Å². The Morgan fingerprint density at radius 2 is 2.05 bits per heavy atom. The van der Waals surface area contributed by atoms with Crippen LogP contribution in [0.2, 0.25) is 5.02 Å². The number of halogens is 1. The molecule has 0 bridgehead atoms. The molecule has 1 atom stereocenters. The van der Waals surface area contributed by atoms with Gasteiger partial charge in [0.1, 0.15) is 0 Å². The van der Waals surface area contributed by atoms with Gasteiger partial charge < -0.3 is 4.90 Å². The van der Waals surface area contributed by atoms with Crippen LogP contribution >= 0.6 is 11.6 Å². The first kappa shape index (κ1) is 15.3. The first-order valence-corrected chi connectivity index (χ1v) is 7.66. The highest BCUT2D eigenvalue weighted by atomic mass is 35.5. The van der Waals surface area contributed by atoms with Gasteiger partial charge in [0.05, 0.1) is 6.54 Å². The van der Waals surface area contributed by atoms with E-state index in [0.29, 0.717) is 12.6 Å². The van der Waals surface area contributed by atoms with Crippen molar-refractivity contribution in [1.29, 1.82) is 0 Å². The van der Waals surface area contributed by atoms with Gasteiger partial charge in [-0.3, -0.25) is 9.69 Å². The lowest BCUT2D eigenvalue weighted by molar-refractivity contribution is -0.135. The van der Waals surface area contributed by atoms with Gasteiger partial charge in [0.2, 0.25) is 5.91 Å². The molecule has 1 amide bonds. The number of carbonyl (C=O) groups is 1. The molecule has 1 aliphatic rings. The third-order valence-electron chi connectivity index (χ3n) is 3.89. The van der Waals surface area contributed by atoms with E-state index < -0.39 is 0 Å². The summed E-state index contributed by atoms with van der Waals surface area (Å²) in [6.07, 6.45) is 3.51. The second-order valence-corrected chi connectivity index (χ2v) is 6.17. The molecule has 2 rings (SSSR count). The van der Waals surface area contributed by atoms with E-state index in [1.54, 1.807) is 0 Å². The number of hydrogen-bond acceptors (Lipinski definition) is 2. The molecule has 1 aliphatic heterocycles. The molecule has 0 radical (unpaired) electrons. The van der Waals surface area contributed by atoms with Crippen molar-refractivity contribution in [1.82, 2.24) is 9.80 Å². The fourth-order valence-electron chi connectivity index (χ4n) is 2.75. The first-order chi connectivity index (χ1) is 9.56. The highest BCUT2D eigenvalue weighted by molar-refractivity contribution is 6.30. The standard InChI is InChI=1S/C16H23ClN2O/c1-13-5-3-4-10-19(13)16(20)12-18(2)11-14-6-8-15(17)9-7-14/h6-9,13H,3-5,10-12H2,1-2H3. The van der Waals surface area contributed by atoms with Gasteiger partial charge in [-0.2, -0.15) is 0 Å². The number of benzene rings is 1. The van der Waals surface area contributed by atoms with E-state index in [0.717, 1.165) is 31.0 Å². The molecule has 1 aromatic carbocycles. The van der Waals surface area contributed by atoms with Crippen LogP contribution < -0.4 is 0 Å². The Bertz CT molecular complexity index is 446. The lowest BCUT2D eigenvalue weighted by Crippen LogP contribution is -2.46. The van der Waals surface area contributed by atoms with Gasteiger partial charge >= 0.3 is 0 Å². The molecule has 1 fully saturated rings. The predicted octanol–water partition coefficient (Wildman–Crippen LogP) is 3.17. The molecule has 0 aromatic heterocycles. The van der Waals surface area contributed by atoms with Crippen LogP contribution in [0.15, 0.2) is 24.3 Å². The van der Waals surface area contributed by atoms with E-state index in [-0.39, 0.29) is 5.91 Å². The minimum Gasteiger partial charge on any atom is -0.339 e. The number of carbonyl (C=O) groups excluding carboxylic acids is 1. The maximum absolute atomic E-state index is 12.3. The Labute approximate surface area is 126 Å². The summed E-state index contributed by atoms with van der Waals surface area (Å²) in [5.74, 6) is 0.244. The number of rotatable bonds is 4. The highest BCUT2D eigenvalue weighted by Crippen LogP contribution is 2.17. The van der Waals surface area contributed by atoms with Crippen LogP contribution in [0.1, 0.15) is 31.7 Å². The average molecular weight is 295 g/mol. The van der Waals surface area contributed by atoms with Crippen LogP contribution in [0, 0.1) is 0 Å². The second-order valence-electron chi connectivity index (χ2n) is 5.73. The zero-order valence-electron chi connectivity index (χ0n) is 12.3. The molecule has 0 aliphatic carbocycles. The minimum absolute atomic E-state index is 0.244. The summed E-state index contributed by atoms with van der Waals surface area (Å²) in [5, 5.41) is 0.745. The third-order valence-corrected chi connectivity index (χ3v) is 4.15. The molecule has 20 heavy (non-hydrogen) atoms. The van der Waals surface area contributed by atoms with E-state index in [9.17, 15) is 4.79 Å². The van der Waals surface area contributed by atoms with Gasteiger partial charge in [-0.1, -0.05) is 23.7 Å². The molecule has 1 aromatic rings. The molecule has 0 N–H and O–H groups in total. The third kappa shape index (κ3) is 4.22. The smallest absolute Gasteiger partial charge is 0.236 e. The molecule has 110 valence electrons. The van der Waals surface area contributed by atoms with Crippen LogP contribution in [-0.4, -0.2) is 41.9 Å². The van der Waals surface area contributed by atoms with E-state index >= 15 is 0 Å². The number of likely N-dealkylation sites (N-methyl/N-ethyl adjacent to an activating group) is 1. The van der Waals surface area contributed by atoms with E-state index in [4.69, 9.17) is 11.6 Å². The van der Waals surface area contributed by atoms with E-state index in [1.165, 1.54) is 12.0 Å². The number of nitrogens with zero attached hydrogens (tertiary/aromatic N) is 2. The van der Waals surface area contributed by atoms with Crippen LogP contribution in [0.4, 0.5) is 0 Å². The number of likely N-dealkylation sites (tertiary alicyclic amines) is 1. The molecule has 0 spiro atoms. The van der Waals surface area contributed by atoms with Crippen molar-refractivity contribution in [3.63, 3.8) is 0 Å². The Morgan fingerprint density at radius 1 is 1.35 bits per heavy atom. The molecular weight excluding hydrogens is 272 g/mol. The van der Waals surface area contributed by atoms with Gasteiger partial charge in [-0.25, -0.2) is 0 Å². The van der Waals surface area contributed by atoms with Gasteiger partial charge in [-0.05, 0) is 50.9 Å². The molecular formula is C16H23ClN2O. The fourth-order valence-corrected chi connectivity index (χ4v) is 2.87. The Hall–Kier alpha value is -1.06. The summed E-state index contributed by atoms with van der Waals surface area (Å²) >= 11 is 5.88. The van der Waals surface area contributed by atoms with Gasteiger partial charge in [0.15, 0.2) is 0 Å². The summed E-state index contributed by atoms with van der Waals surface area (Å²) in [6.45, 7) is 4.31. The summed E-state index contributed by atoms with van der Waals surface area (Å²) < 4.78 is 0. The lowest BCUT2D eigenvalue weighted by Gasteiger charge is -2.34. The summed E-state index contributed by atoms with van der Waals surface area (Å²) in [5.41, 5.74) is 1.18. The van der Waals surface area contributed by atoms with Crippen LogP contribution in [-0.2, 0) is 11.3 Å². The summed E-state index contributed by atoms with van der Waals surface area (Å²) in [7, 11) is 1.99. The highest BCUT2D eigenvalue weighted by Gasteiger charge is 2.23. The van der Waals surface area contributed by atoms with E-state index in [2.05, 4.69) is 11.8 Å². The quantitative estimate of drug-likeness (QED) is 0.851. The molecule has 1 unspecified atom stereocenters. The molecule has 1 heterocycles. The van der Waals surface area contributed by atoms with Crippen molar-refractivity contribution in [2.24, 2.45) is 0 Å². The van der Waals surface area contributed by atoms with Crippen molar-refractivity contribution in [3.05, 3.63) is 34.9 Å². The minimum atomic E-state index is 0.244. The van der Waals surface area contributed by atoms with Crippen LogP contribution in [0.3, 0.4) is 0 Å². The van der Waals surface area contributed by atoms with Crippen LogP contribution in [0.25, 0.3) is 0 Å². The maximum atomic E-state index is 12.3. The van der Waals surface area contributed by atoms with Gasteiger partial charge in [-0.15, -0.1) is 0 Å². The largest absolute Gasteiger partial charge is 0.339 e. The van der Waals surface area contributed by atoms with Crippen molar-refractivity contribution < 1.29 is 4.79 Å². The lowest BCUT2D eigenvalue weighted by atomic mass is 10.0. The maximum Gasteiger partial charge on any atom is 0.236 e. The fraction of sp³-hybridized carbons (Fsp3) is 0.562. The van der Waals surface area contributed by atoms with Gasteiger partial charge in [0, 0.05) is 24.2 Å². The Balaban J connectivity index is 1.85. The van der Waals surface area contributed by atoms with Crippen molar-refractivity contribution >= 4 is 17.5 Å². The first-order valence-electron chi connectivity index (χ1n) is 7.28. The topological polar surface area (TPSA) is 23.6 Å². The molecule has 0 saturated carbocycles. The molecule has 3 nitrogen and oxygen atoms in total. The van der Waals surface area contributed by atoms with E-state index in [1.807, 2.05) is 36.2 Å². The Kier molecular flexibility index (Phi) is 5.44. The summed E-state index contributed by atoms with van der Waals surface area (Å²) in [4.78, 5) is 16.4. The number of hydrogen-bond donors (Lipinski definition) is 0. The number of amides is 1. The number of piperidine rings is 1. The van der Waals surface area contributed by atoms with Crippen molar-refractivity contribution in [2.45, 2.75) is 38.8 Å². The average Bonchev–Trinajstić information content (AvgIpc) is 2.41. The zero-order valence-corrected chi connectivity index (χ0v) is 13.1. The zero-order chi connectivity index (χ0) is 14.5. The van der Waals surface area contributed by atoms with Gasteiger partial charge in [0.25, 0.3) is 0 Å². The van der Waals surface area contributed by atoms with Crippen LogP contribution in [0.5, 0.6) is 0 Å². The van der Waals surface area contributed by atoms with Crippen molar-refractivity contribution in [2.75, 3.05) is 20.1 Å². The summed E-state index contributed by atoms with van der Waals surface area (Å²) in [6, 6.07) is 8.18. The molecule has 4 heteroatoms. The SMILES string of the molecule is CC1CCCCN1C(=O)CN(C)Cc1ccc(Cl)cc1. The monoisotopic (exact) mass is 294 g/mol. The Morgan fingerprint density at radius 3 is 2.70 bits per heavy atom. The molecule has 1 saturated heterocycles. The predicted molar refractivity (Wildman–Crippen MR) is 82.8 cm³/mol.